The average Bonchev–Trinajstić information content (AvgIpc) is 3.42. The van der Waals surface area contributed by atoms with Crippen LogP contribution in [0.3, 0.4) is 0 Å². The summed E-state index contributed by atoms with van der Waals surface area (Å²) in [5, 5.41) is 0.591. The summed E-state index contributed by atoms with van der Waals surface area (Å²) in [6, 6.07) is 11.7. The highest BCUT2D eigenvalue weighted by Gasteiger charge is 2.60. The summed E-state index contributed by atoms with van der Waals surface area (Å²) < 4.78 is 33.4. The fourth-order valence-corrected chi connectivity index (χ4v) is 5.77. The smallest absolute Gasteiger partial charge is 0.264 e. The van der Waals surface area contributed by atoms with Crippen LogP contribution in [0.1, 0.15) is 37.3 Å². The van der Waals surface area contributed by atoms with Crippen LogP contribution in [-0.2, 0) is 31.4 Å². The molecule has 1 unspecified atom stereocenters. The normalized spacial score (nSPS) is 23.0. The maximum Gasteiger partial charge on any atom is 0.264 e. The van der Waals surface area contributed by atoms with Gasteiger partial charge in [0.2, 0.25) is 5.91 Å². The zero-order chi connectivity index (χ0) is 22.7. The van der Waals surface area contributed by atoms with Crippen LogP contribution in [0, 0.1) is 0 Å². The Kier molecular flexibility index (Phi) is 4.80. The summed E-state index contributed by atoms with van der Waals surface area (Å²) >= 11 is 5.98. The molecule has 0 bridgehead atoms. The van der Waals surface area contributed by atoms with E-state index in [9.17, 15) is 18.0 Å². The molecule has 7 nitrogen and oxygen atoms in total. The minimum Gasteiger partial charge on any atom is -0.493 e. The van der Waals surface area contributed by atoms with E-state index >= 15 is 0 Å². The third-order valence-electron chi connectivity index (χ3n) is 6.91. The van der Waals surface area contributed by atoms with E-state index in [1.807, 2.05) is 12.1 Å². The highest BCUT2D eigenvalue weighted by atomic mass is 35.5. The number of rotatable bonds is 5. The number of ether oxygens (including phenoxy) is 1. The first-order chi connectivity index (χ1) is 15.2. The van der Waals surface area contributed by atoms with Crippen molar-refractivity contribution >= 4 is 33.4 Å². The molecule has 3 aliphatic rings. The predicted octanol–water partition coefficient (Wildman–Crippen LogP) is 2.80. The van der Waals surface area contributed by atoms with Gasteiger partial charge in [-0.2, -0.15) is 0 Å². The van der Waals surface area contributed by atoms with Crippen molar-refractivity contribution in [2.24, 2.45) is 0 Å². The van der Waals surface area contributed by atoms with Gasteiger partial charge in [-0.1, -0.05) is 23.7 Å². The first-order valence-corrected chi connectivity index (χ1v) is 12.4. The molecule has 1 N–H and O–H groups in total. The summed E-state index contributed by atoms with van der Waals surface area (Å²) in [5.41, 5.74) is -0.211. The van der Waals surface area contributed by atoms with Crippen LogP contribution in [0.2, 0.25) is 5.02 Å². The van der Waals surface area contributed by atoms with Crippen LogP contribution in [0.5, 0.6) is 5.75 Å². The first kappa shape index (κ1) is 21.3. The van der Waals surface area contributed by atoms with Gasteiger partial charge in [0.05, 0.1) is 16.9 Å². The Balaban J connectivity index is 1.35. The lowest BCUT2D eigenvalue weighted by Crippen LogP contribution is -2.69. The molecule has 0 radical (unpaired) electrons. The average molecular weight is 475 g/mol. The van der Waals surface area contributed by atoms with Crippen LogP contribution in [0.25, 0.3) is 0 Å². The molecule has 2 aliphatic heterocycles. The minimum absolute atomic E-state index is 0.00993. The molecular formula is C23H23ClN2O5S. The third-order valence-corrected chi connectivity index (χ3v) is 8.49. The number of benzene rings is 2. The standard InChI is InChI=1S/C23H23ClN2O5S/c1-22(20(27)25-32(29,30)18-6-7-19-15(14-18)8-13-31-19)11-12-26(22)21(28)23(9-10-23)16-2-4-17(24)5-3-16/h2-7,14H,8-13H2,1H3,(H,25,27). The number of halogens is 1. The van der Waals surface area contributed by atoms with Crippen LogP contribution < -0.4 is 9.46 Å². The predicted molar refractivity (Wildman–Crippen MR) is 118 cm³/mol. The lowest BCUT2D eigenvalue weighted by atomic mass is 9.82. The molecule has 1 saturated heterocycles. The highest BCUT2D eigenvalue weighted by molar-refractivity contribution is 7.90. The molecule has 0 aromatic heterocycles. The molecule has 1 atom stereocenters. The number of carbonyl (C=O) groups is 2. The summed E-state index contributed by atoms with van der Waals surface area (Å²) in [6.45, 7) is 2.54. The molecule has 2 amide bonds. The number of likely N-dealkylation sites (tertiary alicyclic amines) is 1. The molecule has 32 heavy (non-hydrogen) atoms. The number of hydrogen-bond acceptors (Lipinski definition) is 5. The second-order valence-corrected chi connectivity index (χ2v) is 11.0. The number of carbonyl (C=O) groups excluding carboxylic acids is 2. The Bertz CT molecular complexity index is 1220. The van der Waals surface area contributed by atoms with Crippen LogP contribution in [0.15, 0.2) is 47.4 Å². The molecule has 0 spiro atoms. The maximum atomic E-state index is 13.4. The Labute approximate surface area is 191 Å². The Morgan fingerprint density at radius 3 is 2.44 bits per heavy atom. The number of hydrogen-bond donors (Lipinski definition) is 1. The zero-order valence-electron chi connectivity index (χ0n) is 17.6. The lowest BCUT2D eigenvalue weighted by Gasteiger charge is -2.50. The van der Waals surface area contributed by atoms with Crippen LogP contribution in [0.4, 0.5) is 0 Å². The van der Waals surface area contributed by atoms with Crippen molar-refractivity contribution < 1.29 is 22.7 Å². The second-order valence-electron chi connectivity index (χ2n) is 8.87. The van der Waals surface area contributed by atoms with Gasteiger partial charge in [0.1, 0.15) is 11.3 Å². The molecule has 1 saturated carbocycles. The molecule has 2 fully saturated rings. The zero-order valence-corrected chi connectivity index (χ0v) is 19.1. The molecular weight excluding hydrogens is 452 g/mol. The number of amides is 2. The van der Waals surface area contributed by atoms with Crippen LogP contribution >= 0.6 is 11.6 Å². The molecule has 168 valence electrons. The van der Waals surface area contributed by atoms with Gasteiger partial charge in [0.15, 0.2) is 0 Å². The monoisotopic (exact) mass is 474 g/mol. The summed E-state index contributed by atoms with van der Waals surface area (Å²) in [5.74, 6) is -0.175. The van der Waals surface area contributed by atoms with E-state index in [1.54, 1.807) is 25.1 Å². The van der Waals surface area contributed by atoms with Gasteiger partial charge >= 0.3 is 0 Å². The molecule has 5 rings (SSSR count). The second kappa shape index (κ2) is 7.22. The largest absolute Gasteiger partial charge is 0.493 e. The molecule has 9 heteroatoms. The van der Waals surface area contributed by atoms with Crippen molar-refractivity contribution in [1.82, 2.24) is 9.62 Å². The Hall–Kier alpha value is -2.58. The molecule has 2 aromatic carbocycles. The third kappa shape index (κ3) is 3.28. The van der Waals surface area contributed by atoms with Gasteiger partial charge in [0.25, 0.3) is 15.9 Å². The van der Waals surface area contributed by atoms with Crippen molar-refractivity contribution in [3.63, 3.8) is 0 Å². The number of nitrogens with one attached hydrogen (secondary N) is 1. The number of sulfonamides is 1. The summed E-state index contributed by atoms with van der Waals surface area (Å²) in [4.78, 5) is 28.0. The quantitative estimate of drug-likeness (QED) is 0.719. The minimum atomic E-state index is -4.07. The Morgan fingerprint density at radius 1 is 1.09 bits per heavy atom. The summed E-state index contributed by atoms with van der Waals surface area (Å²) in [6.07, 6.45) is 2.41. The fourth-order valence-electron chi connectivity index (χ4n) is 4.52. The topological polar surface area (TPSA) is 92.8 Å². The first-order valence-electron chi connectivity index (χ1n) is 10.6. The van der Waals surface area contributed by atoms with E-state index in [1.165, 1.54) is 17.0 Å². The van der Waals surface area contributed by atoms with E-state index in [4.69, 9.17) is 16.3 Å². The summed E-state index contributed by atoms with van der Waals surface area (Å²) in [7, 11) is -4.07. The van der Waals surface area contributed by atoms with E-state index in [2.05, 4.69) is 4.72 Å². The van der Waals surface area contributed by atoms with E-state index < -0.39 is 26.9 Å². The SMILES string of the molecule is CC1(C(=O)NS(=O)(=O)c2ccc3c(c2)CCO3)CCN1C(=O)C1(c2ccc(Cl)cc2)CC1. The van der Waals surface area contributed by atoms with Crippen molar-refractivity contribution in [3.05, 3.63) is 58.6 Å². The van der Waals surface area contributed by atoms with Gasteiger partial charge in [0, 0.05) is 18.0 Å². The fraction of sp³-hybridized carbons (Fsp3) is 0.391. The van der Waals surface area contributed by atoms with E-state index in [0.717, 1.165) is 11.1 Å². The van der Waals surface area contributed by atoms with Crippen molar-refractivity contribution in [1.29, 1.82) is 0 Å². The van der Waals surface area contributed by atoms with Crippen molar-refractivity contribution in [2.45, 2.75) is 48.5 Å². The maximum absolute atomic E-state index is 13.4. The van der Waals surface area contributed by atoms with Gasteiger partial charge in [-0.05, 0) is 67.6 Å². The van der Waals surface area contributed by atoms with Crippen molar-refractivity contribution in [3.8, 4) is 5.75 Å². The molecule has 2 aromatic rings. The van der Waals surface area contributed by atoms with Gasteiger partial charge in [-0.3, -0.25) is 9.59 Å². The van der Waals surface area contributed by atoms with Gasteiger partial charge in [-0.15, -0.1) is 0 Å². The Morgan fingerprint density at radius 2 is 1.81 bits per heavy atom. The lowest BCUT2D eigenvalue weighted by molar-refractivity contribution is -0.158. The van der Waals surface area contributed by atoms with Gasteiger partial charge < -0.3 is 9.64 Å². The number of nitrogens with zero attached hydrogens (tertiary/aromatic N) is 1. The van der Waals surface area contributed by atoms with Crippen molar-refractivity contribution in [2.75, 3.05) is 13.2 Å². The van der Waals surface area contributed by atoms with Gasteiger partial charge in [-0.25, -0.2) is 13.1 Å². The van der Waals surface area contributed by atoms with Crippen LogP contribution in [-0.4, -0.2) is 43.8 Å². The van der Waals surface area contributed by atoms with E-state index in [-0.39, 0.29) is 10.8 Å². The highest BCUT2D eigenvalue weighted by Crippen LogP contribution is 2.52. The van der Waals surface area contributed by atoms with E-state index in [0.29, 0.717) is 49.6 Å². The number of fused-ring (bicyclic) bond motifs is 1. The molecule has 1 aliphatic carbocycles. The molecule has 2 heterocycles.